The Labute approximate surface area is 132 Å². The summed E-state index contributed by atoms with van der Waals surface area (Å²) >= 11 is 0. The van der Waals surface area contributed by atoms with Gasteiger partial charge in [0.1, 0.15) is 5.82 Å². The van der Waals surface area contributed by atoms with Gasteiger partial charge in [-0.05, 0) is 30.7 Å². The number of hydrogen-bond donors (Lipinski definition) is 2. The summed E-state index contributed by atoms with van der Waals surface area (Å²) in [6.45, 7) is 2.40. The number of anilines is 1. The monoisotopic (exact) mass is 316 g/mol. The van der Waals surface area contributed by atoms with Crippen LogP contribution in [0.1, 0.15) is 24.8 Å². The van der Waals surface area contributed by atoms with Crippen LogP contribution in [0.25, 0.3) is 0 Å². The van der Waals surface area contributed by atoms with Crippen LogP contribution in [0.5, 0.6) is 0 Å². The van der Waals surface area contributed by atoms with Crippen molar-refractivity contribution in [2.45, 2.75) is 31.8 Å². The van der Waals surface area contributed by atoms with Gasteiger partial charge in [-0.1, -0.05) is 6.07 Å². The van der Waals surface area contributed by atoms with Crippen molar-refractivity contribution in [3.63, 3.8) is 0 Å². The summed E-state index contributed by atoms with van der Waals surface area (Å²) in [7, 11) is 0. The number of halogens is 1. The van der Waals surface area contributed by atoms with E-state index in [0.29, 0.717) is 17.8 Å². The molecule has 0 saturated carbocycles. The third-order valence-electron chi connectivity index (χ3n) is 3.78. The molecule has 1 aliphatic heterocycles. The van der Waals surface area contributed by atoms with Gasteiger partial charge in [0.15, 0.2) is 0 Å². The summed E-state index contributed by atoms with van der Waals surface area (Å²) in [5.41, 5.74) is 0.996. The van der Waals surface area contributed by atoms with E-state index < -0.39 is 11.7 Å². The van der Waals surface area contributed by atoms with Crippen molar-refractivity contribution in [1.82, 2.24) is 15.1 Å². The molecule has 0 aliphatic carbocycles. The number of carbonyl (C=O) groups is 2. The Balaban J connectivity index is 1.73. The van der Waals surface area contributed by atoms with E-state index in [9.17, 15) is 14.0 Å². The second-order valence-corrected chi connectivity index (χ2v) is 5.67. The van der Waals surface area contributed by atoms with E-state index in [-0.39, 0.29) is 24.3 Å². The molecule has 0 radical (unpaired) electrons. The van der Waals surface area contributed by atoms with E-state index in [1.165, 1.54) is 12.1 Å². The second kappa shape index (κ2) is 6.20. The fourth-order valence-corrected chi connectivity index (χ4v) is 2.75. The van der Waals surface area contributed by atoms with Gasteiger partial charge in [0.25, 0.3) is 0 Å². The molecule has 1 aromatic carbocycles. The van der Waals surface area contributed by atoms with E-state index in [0.717, 1.165) is 0 Å². The smallest absolute Gasteiger partial charge is 0.228 e. The fraction of sp³-hybridized carbons (Fsp3) is 0.312. The van der Waals surface area contributed by atoms with Gasteiger partial charge in [0, 0.05) is 30.5 Å². The number of aromatic nitrogens is 2. The van der Waals surface area contributed by atoms with Crippen molar-refractivity contribution < 1.29 is 14.0 Å². The predicted molar refractivity (Wildman–Crippen MR) is 82.2 cm³/mol. The van der Waals surface area contributed by atoms with Crippen molar-refractivity contribution in [2.24, 2.45) is 0 Å². The van der Waals surface area contributed by atoms with Crippen molar-refractivity contribution in [1.29, 1.82) is 0 Å². The topological polar surface area (TPSA) is 76.0 Å². The standard InChI is InChI=1S/C16H17FN4O2/c1-10(9-21-6-2-5-18-21)19-16(23)13-8-15(22)20-14-7-11(17)3-4-12(13)14/h2-7,10,13H,8-9H2,1H3,(H,19,23)(H,20,22)/t10-,13-/m0/s1. The molecule has 2 heterocycles. The zero-order chi connectivity index (χ0) is 16.4. The van der Waals surface area contributed by atoms with Gasteiger partial charge in [-0.3, -0.25) is 14.3 Å². The maximum absolute atomic E-state index is 13.3. The third-order valence-corrected chi connectivity index (χ3v) is 3.78. The van der Waals surface area contributed by atoms with E-state index in [2.05, 4.69) is 15.7 Å². The molecule has 2 atom stereocenters. The zero-order valence-electron chi connectivity index (χ0n) is 12.6. The fourth-order valence-electron chi connectivity index (χ4n) is 2.75. The largest absolute Gasteiger partial charge is 0.351 e. The highest BCUT2D eigenvalue weighted by atomic mass is 19.1. The minimum atomic E-state index is -0.612. The normalized spacial score (nSPS) is 18.0. The SMILES string of the molecule is C[C@@H](Cn1cccn1)NC(=O)[C@H]1CC(=O)Nc2cc(F)ccc21. The lowest BCUT2D eigenvalue weighted by Crippen LogP contribution is -2.41. The van der Waals surface area contributed by atoms with Crippen molar-refractivity contribution in [3.05, 3.63) is 48.0 Å². The summed E-state index contributed by atoms with van der Waals surface area (Å²) in [5.74, 6) is -1.59. The number of carbonyl (C=O) groups excluding carboxylic acids is 2. The van der Waals surface area contributed by atoms with Crippen LogP contribution >= 0.6 is 0 Å². The Morgan fingerprint density at radius 3 is 3.13 bits per heavy atom. The molecule has 2 N–H and O–H groups in total. The molecule has 0 bridgehead atoms. The summed E-state index contributed by atoms with van der Waals surface area (Å²) < 4.78 is 15.0. The Hall–Kier alpha value is -2.70. The predicted octanol–water partition coefficient (Wildman–Crippen LogP) is 1.65. The number of hydrogen-bond acceptors (Lipinski definition) is 3. The summed E-state index contributed by atoms with van der Waals surface area (Å²) in [6, 6.07) is 5.75. The minimum absolute atomic E-state index is 0.0545. The van der Waals surface area contributed by atoms with Crippen LogP contribution in [-0.2, 0) is 16.1 Å². The first-order valence-corrected chi connectivity index (χ1v) is 7.40. The molecule has 6 nitrogen and oxygen atoms in total. The Bertz CT molecular complexity index is 730. The first-order valence-electron chi connectivity index (χ1n) is 7.40. The number of benzene rings is 1. The molecule has 1 aromatic heterocycles. The molecule has 23 heavy (non-hydrogen) atoms. The quantitative estimate of drug-likeness (QED) is 0.900. The molecule has 0 saturated heterocycles. The average molecular weight is 316 g/mol. The van der Waals surface area contributed by atoms with E-state index in [1.54, 1.807) is 16.9 Å². The van der Waals surface area contributed by atoms with Crippen molar-refractivity contribution in [3.8, 4) is 0 Å². The van der Waals surface area contributed by atoms with Crippen molar-refractivity contribution in [2.75, 3.05) is 5.32 Å². The highest BCUT2D eigenvalue weighted by molar-refractivity contribution is 6.01. The first-order chi connectivity index (χ1) is 11.0. The van der Waals surface area contributed by atoms with Crippen molar-refractivity contribution >= 4 is 17.5 Å². The van der Waals surface area contributed by atoms with Crippen LogP contribution in [0.2, 0.25) is 0 Å². The van der Waals surface area contributed by atoms with Crippen LogP contribution < -0.4 is 10.6 Å². The highest BCUT2D eigenvalue weighted by Gasteiger charge is 2.31. The molecule has 1 aliphatic rings. The van der Waals surface area contributed by atoms with Gasteiger partial charge >= 0.3 is 0 Å². The summed E-state index contributed by atoms with van der Waals surface area (Å²) in [5, 5.41) is 9.59. The highest BCUT2D eigenvalue weighted by Crippen LogP contribution is 2.32. The maximum atomic E-state index is 13.3. The van der Waals surface area contributed by atoms with Gasteiger partial charge in [-0.15, -0.1) is 0 Å². The molecule has 7 heteroatoms. The lowest BCUT2D eigenvalue weighted by atomic mass is 9.89. The molecule has 0 unspecified atom stereocenters. The molecule has 3 rings (SSSR count). The van der Waals surface area contributed by atoms with Crippen LogP contribution in [0, 0.1) is 5.82 Å². The van der Waals surface area contributed by atoms with E-state index >= 15 is 0 Å². The number of rotatable bonds is 4. The second-order valence-electron chi connectivity index (χ2n) is 5.67. The third kappa shape index (κ3) is 3.39. The van der Waals surface area contributed by atoms with Crippen LogP contribution in [0.3, 0.4) is 0 Å². The maximum Gasteiger partial charge on any atom is 0.228 e. The molecule has 2 aromatic rings. The first kappa shape index (κ1) is 15.2. The Morgan fingerprint density at radius 2 is 2.39 bits per heavy atom. The lowest BCUT2D eigenvalue weighted by Gasteiger charge is -2.26. The summed E-state index contributed by atoms with van der Waals surface area (Å²) in [4.78, 5) is 24.3. The molecular formula is C16H17FN4O2. The van der Waals surface area contributed by atoms with E-state index in [4.69, 9.17) is 0 Å². The van der Waals surface area contributed by atoms with Gasteiger partial charge in [0.2, 0.25) is 11.8 Å². The van der Waals surface area contributed by atoms with Crippen LogP contribution in [-0.4, -0.2) is 27.6 Å². The summed E-state index contributed by atoms with van der Waals surface area (Å²) in [6.07, 6.45) is 3.54. The van der Waals surface area contributed by atoms with E-state index in [1.807, 2.05) is 19.2 Å². The zero-order valence-corrected chi connectivity index (χ0v) is 12.6. The van der Waals surface area contributed by atoms with Gasteiger partial charge in [0.05, 0.1) is 12.5 Å². The Kier molecular flexibility index (Phi) is 4.10. The van der Waals surface area contributed by atoms with Crippen LogP contribution in [0.4, 0.5) is 10.1 Å². The number of nitrogens with one attached hydrogen (secondary N) is 2. The molecular weight excluding hydrogens is 299 g/mol. The minimum Gasteiger partial charge on any atom is -0.351 e. The number of nitrogens with zero attached hydrogens (tertiary/aromatic N) is 2. The Morgan fingerprint density at radius 1 is 1.57 bits per heavy atom. The molecule has 2 amide bonds. The van der Waals surface area contributed by atoms with Gasteiger partial charge in [-0.25, -0.2) is 4.39 Å². The molecule has 0 fully saturated rings. The molecule has 0 spiro atoms. The molecule has 120 valence electrons. The van der Waals surface area contributed by atoms with Gasteiger partial charge < -0.3 is 10.6 Å². The lowest BCUT2D eigenvalue weighted by molar-refractivity contribution is -0.126. The number of fused-ring (bicyclic) bond motifs is 1. The van der Waals surface area contributed by atoms with Crippen LogP contribution in [0.15, 0.2) is 36.7 Å². The van der Waals surface area contributed by atoms with Gasteiger partial charge in [-0.2, -0.15) is 5.10 Å². The average Bonchev–Trinajstić information content (AvgIpc) is 2.98. The number of amides is 2.